The number of amides is 1. The summed E-state index contributed by atoms with van der Waals surface area (Å²) in [5, 5.41) is 0. The fourth-order valence-electron chi connectivity index (χ4n) is 1.83. The molecule has 0 aromatic carbocycles. The van der Waals surface area contributed by atoms with Gasteiger partial charge in [-0.25, -0.2) is 0 Å². The second kappa shape index (κ2) is 7.42. The zero-order valence-electron chi connectivity index (χ0n) is 10.6. The largest absolute Gasteiger partial charge is 0.385 e. The highest BCUT2D eigenvalue weighted by Crippen LogP contribution is 2.12. The fraction of sp³-hybridized carbons (Fsp3) is 0.750. The molecule has 17 heavy (non-hydrogen) atoms. The molecule has 2 N–H and O–H groups in total. The van der Waals surface area contributed by atoms with Crippen molar-refractivity contribution in [3.05, 3.63) is 11.6 Å². The lowest BCUT2D eigenvalue weighted by Gasteiger charge is -2.28. The quantitative estimate of drug-likeness (QED) is 0.674. The van der Waals surface area contributed by atoms with Crippen molar-refractivity contribution in [1.29, 1.82) is 0 Å². The molecule has 1 unspecified atom stereocenters. The molecule has 0 aromatic heterocycles. The lowest BCUT2D eigenvalue weighted by atomic mass is 10.1. The fourth-order valence-corrected chi connectivity index (χ4v) is 1.83. The zero-order valence-corrected chi connectivity index (χ0v) is 10.6. The Morgan fingerprint density at radius 3 is 2.82 bits per heavy atom. The Bertz CT molecular complexity index is 279. The van der Waals surface area contributed by atoms with Gasteiger partial charge < -0.3 is 20.1 Å². The Labute approximate surface area is 103 Å². The van der Waals surface area contributed by atoms with Crippen LogP contribution in [0.3, 0.4) is 0 Å². The predicted octanol–water partition coefficient (Wildman–Crippen LogP) is 0.155. The van der Waals surface area contributed by atoms with Crippen LogP contribution in [0.15, 0.2) is 11.6 Å². The molecule has 98 valence electrons. The van der Waals surface area contributed by atoms with E-state index in [1.54, 1.807) is 19.1 Å². The van der Waals surface area contributed by atoms with Crippen LogP contribution in [-0.2, 0) is 14.3 Å². The first-order chi connectivity index (χ1) is 8.19. The van der Waals surface area contributed by atoms with Crippen molar-refractivity contribution < 1.29 is 14.3 Å². The number of hydrogen-bond donors (Lipinski definition) is 1. The molecular formula is C12H22N2O3. The van der Waals surface area contributed by atoms with Gasteiger partial charge in [0, 0.05) is 33.9 Å². The average Bonchev–Trinajstić information content (AvgIpc) is 2.36. The maximum atomic E-state index is 12.0. The van der Waals surface area contributed by atoms with Gasteiger partial charge in [-0.3, -0.25) is 4.79 Å². The van der Waals surface area contributed by atoms with E-state index in [1.165, 1.54) is 5.57 Å². The number of rotatable bonds is 6. The van der Waals surface area contributed by atoms with Crippen molar-refractivity contribution in [3.8, 4) is 0 Å². The molecule has 0 saturated heterocycles. The van der Waals surface area contributed by atoms with E-state index < -0.39 is 6.04 Å². The van der Waals surface area contributed by atoms with Crippen LogP contribution in [0.5, 0.6) is 0 Å². The molecule has 0 fully saturated rings. The molecule has 0 aliphatic carbocycles. The second-order valence-corrected chi connectivity index (χ2v) is 4.22. The van der Waals surface area contributed by atoms with Gasteiger partial charge in [-0.2, -0.15) is 0 Å². The summed E-state index contributed by atoms with van der Waals surface area (Å²) >= 11 is 0. The SMILES string of the molecule is COCCC(N)C(=O)N1CC=C(COC)CC1. The number of nitrogens with zero attached hydrogens (tertiary/aromatic N) is 1. The molecule has 0 saturated carbocycles. The summed E-state index contributed by atoms with van der Waals surface area (Å²) in [5.74, 6) is 0.00904. The van der Waals surface area contributed by atoms with Gasteiger partial charge in [0.1, 0.15) is 0 Å². The van der Waals surface area contributed by atoms with E-state index in [0.717, 1.165) is 13.0 Å². The van der Waals surface area contributed by atoms with Crippen LogP contribution in [0, 0.1) is 0 Å². The van der Waals surface area contributed by atoms with E-state index in [4.69, 9.17) is 15.2 Å². The summed E-state index contributed by atoms with van der Waals surface area (Å²) in [7, 11) is 3.29. The van der Waals surface area contributed by atoms with Crippen LogP contribution < -0.4 is 5.73 Å². The van der Waals surface area contributed by atoms with Crippen molar-refractivity contribution in [3.63, 3.8) is 0 Å². The summed E-state index contributed by atoms with van der Waals surface area (Å²) in [4.78, 5) is 13.7. The maximum Gasteiger partial charge on any atom is 0.239 e. The third-order valence-corrected chi connectivity index (χ3v) is 2.89. The molecule has 0 bridgehead atoms. The molecular weight excluding hydrogens is 220 g/mol. The molecule has 1 rings (SSSR count). The molecule has 1 aliphatic heterocycles. The minimum Gasteiger partial charge on any atom is -0.385 e. The summed E-state index contributed by atoms with van der Waals surface area (Å²) in [6.07, 6.45) is 3.49. The highest BCUT2D eigenvalue weighted by Gasteiger charge is 2.22. The monoisotopic (exact) mass is 242 g/mol. The smallest absolute Gasteiger partial charge is 0.239 e. The van der Waals surface area contributed by atoms with Crippen LogP contribution in [0.4, 0.5) is 0 Å². The second-order valence-electron chi connectivity index (χ2n) is 4.22. The summed E-state index contributed by atoms with van der Waals surface area (Å²) in [6.45, 7) is 2.54. The topological polar surface area (TPSA) is 64.8 Å². The number of carbonyl (C=O) groups excluding carboxylic acids is 1. The molecule has 5 heteroatoms. The van der Waals surface area contributed by atoms with Crippen LogP contribution in [0.1, 0.15) is 12.8 Å². The van der Waals surface area contributed by atoms with E-state index >= 15 is 0 Å². The highest BCUT2D eigenvalue weighted by atomic mass is 16.5. The third-order valence-electron chi connectivity index (χ3n) is 2.89. The summed E-state index contributed by atoms with van der Waals surface area (Å²) in [6, 6.07) is -0.452. The normalized spacial score (nSPS) is 17.8. The van der Waals surface area contributed by atoms with Crippen LogP contribution in [0.25, 0.3) is 0 Å². The van der Waals surface area contributed by atoms with Gasteiger partial charge in [0.05, 0.1) is 12.6 Å². The maximum absolute atomic E-state index is 12.0. The average molecular weight is 242 g/mol. The molecule has 0 aromatic rings. The molecule has 5 nitrogen and oxygen atoms in total. The zero-order chi connectivity index (χ0) is 12.7. The van der Waals surface area contributed by atoms with E-state index in [-0.39, 0.29) is 5.91 Å². The minimum absolute atomic E-state index is 0.00904. The first-order valence-corrected chi connectivity index (χ1v) is 5.89. The Morgan fingerprint density at radius 2 is 2.29 bits per heavy atom. The Kier molecular flexibility index (Phi) is 6.18. The lowest BCUT2D eigenvalue weighted by Crippen LogP contribution is -2.46. The molecule has 1 heterocycles. The molecule has 0 spiro atoms. The van der Waals surface area contributed by atoms with Crippen LogP contribution in [0.2, 0.25) is 0 Å². The Hall–Kier alpha value is -0.910. The Morgan fingerprint density at radius 1 is 1.53 bits per heavy atom. The number of carbonyl (C=O) groups is 1. The van der Waals surface area contributed by atoms with E-state index in [9.17, 15) is 4.79 Å². The van der Waals surface area contributed by atoms with Crippen molar-refractivity contribution in [1.82, 2.24) is 4.90 Å². The number of hydrogen-bond acceptors (Lipinski definition) is 4. The minimum atomic E-state index is -0.452. The van der Waals surface area contributed by atoms with Crippen molar-refractivity contribution >= 4 is 5.91 Å². The molecule has 1 atom stereocenters. The van der Waals surface area contributed by atoms with Gasteiger partial charge in [-0.05, 0) is 18.4 Å². The van der Waals surface area contributed by atoms with E-state index in [2.05, 4.69) is 0 Å². The standard InChI is InChI=1S/C12H22N2O3/c1-16-8-5-11(13)12(15)14-6-3-10(4-7-14)9-17-2/h3,11H,4-9,13H2,1-2H3. The first kappa shape index (κ1) is 14.2. The van der Waals surface area contributed by atoms with E-state index in [0.29, 0.717) is 26.2 Å². The predicted molar refractivity (Wildman–Crippen MR) is 65.6 cm³/mol. The van der Waals surface area contributed by atoms with Gasteiger partial charge in [0.2, 0.25) is 5.91 Å². The molecule has 1 aliphatic rings. The van der Waals surface area contributed by atoms with Crippen molar-refractivity contribution in [2.75, 3.05) is 40.5 Å². The summed E-state index contributed by atoms with van der Waals surface area (Å²) in [5.41, 5.74) is 7.06. The molecule has 1 amide bonds. The van der Waals surface area contributed by atoms with Gasteiger partial charge >= 0.3 is 0 Å². The number of nitrogens with two attached hydrogens (primary N) is 1. The van der Waals surface area contributed by atoms with Gasteiger partial charge in [-0.15, -0.1) is 0 Å². The van der Waals surface area contributed by atoms with Crippen molar-refractivity contribution in [2.45, 2.75) is 18.9 Å². The summed E-state index contributed by atoms with van der Waals surface area (Å²) < 4.78 is 9.98. The highest BCUT2D eigenvalue weighted by molar-refractivity contribution is 5.82. The third kappa shape index (κ3) is 4.46. The number of ether oxygens (including phenoxy) is 2. The first-order valence-electron chi connectivity index (χ1n) is 5.89. The van der Waals surface area contributed by atoms with Gasteiger partial charge in [0.15, 0.2) is 0 Å². The van der Waals surface area contributed by atoms with Gasteiger partial charge in [-0.1, -0.05) is 6.08 Å². The van der Waals surface area contributed by atoms with Gasteiger partial charge in [0.25, 0.3) is 0 Å². The lowest BCUT2D eigenvalue weighted by molar-refractivity contribution is -0.132. The van der Waals surface area contributed by atoms with Crippen LogP contribution in [-0.4, -0.2) is 57.4 Å². The number of methoxy groups -OCH3 is 2. The van der Waals surface area contributed by atoms with Crippen LogP contribution >= 0.6 is 0 Å². The molecule has 0 radical (unpaired) electrons. The Balaban J connectivity index is 2.39. The van der Waals surface area contributed by atoms with Crippen molar-refractivity contribution in [2.24, 2.45) is 5.73 Å². The van der Waals surface area contributed by atoms with E-state index in [1.807, 2.05) is 6.08 Å².